The van der Waals surface area contributed by atoms with Crippen molar-refractivity contribution in [2.24, 2.45) is 0 Å². The van der Waals surface area contributed by atoms with E-state index >= 15 is 0 Å². The van der Waals surface area contributed by atoms with Gasteiger partial charge in [-0.3, -0.25) is 0 Å². The highest BCUT2D eigenvalue weighted by molar-refractivity contribution is 5.87. The van der Waals surface area contributed by atoms with Crippen molar-refractivity contribution in [1.29, 1.82) is 0 Å². The summed E-state index contributed by atoms with van der Waals surface area (Å²) in [6, 6.07) is 27.6. The first kappa shape index (κ1) is 20.9. The average Bonchev–Trinajstić information content (AvgIpc) is 2.80. The predicted molar refractivity (Wildman–Crippen MR) is 120 cm³/mol. The van der Waals surface area contributed by atoms with Crippen LogP contribution in [0.4, 0.5) is 0 Å². The molecule has 0 radical (unpaired) electrons. The SMILES string of the molecule is COc1ccc(-c2ccc3ccccc3c2)cc1.O=CCCc1ccc(O)c(O)c1. The number of carbonyl (C=O) groups excluding carboxylic acids is 1. The summed E-state index contributed by atoms with van der Waals surface area (Å²) in [6.07, 6.45) is 1.85. The van der Waals surface area contributed by atoms with Crippen LogP contribution in [-0.4, -0.2) is 23.6 Å². The average molecular weight is 400 g/mol. The van der Waals surface area contributed by atoms with Crippen molar-refractivity contribution in [2.75, 3.05) is 7.11 Å². The fourth-order valence-corrected chi connectivity index (χ4v) is 3.10. The molecule has 0 aliphatic rings. The first-order chi connectivity index (χ1) is 14.6. The molecule has 0 saturated heterocycles. The Morgan fingerprint density at radius 2 is 1.47 bits per heavy atom. The van der Waals surface area contributed by atoms with Crippen LogP contribution in [0.3, 0.4) is 0 Å². The van der Waals surface area contributed by atoms with E-state index in [1.165, 1.54) is 34.0 Å². The van der Waals surface area contributed by atoms with Gasteiger partial charge in [0.25, 0.3) is 0 Å². The van der Waals surface area contributed by atoms with Crippen molar-refractivity contribution < 1.29 is 19.7 Å². The standard InChI is InChI=1S/C17H14O.C9H10O3/c1-18-17-10-8-14(9-11-17)16-7-6-13-4-2-3-5-15(13)12-16;10-5-1-2-7-3-4-8(11)9(12)6-7/h2-12H,1H3;3-6,11-12H,1-2H2. The van der Waals surface area contributed by atoms with Gasteiger partial charge in [0.05, 0.1) is 7.11 Å². The molecule has 4 aromatic rings. The molecule has 0 saturated carbocycles. The number of hydrogen-bond donors (Lipinski definition) is 2. The summed E-state index contributed by atoms with van der Waals surface area (Å²) < 4.78 is 5.18. The summed E-state index contributed by atoms with van der Waals surface area (Å²) in [4.78, 5) is 10.0. The maximum Gasteiger partial charge on any atom is 0.157 e. The number of carbonyl (C=O) groups is 1. The van der Waals surface area contributed by atoms with Gasteiger partial charge in [-0.2, -0.15) is 0 Å². The van der Waals surface area contributed by atoms with Gasteiger partial charge >= 0.3 is 0 Å². The number of aryl methyl sites for hydroxylation is 1. The molecule has 2 N–H and O–H groups in total. The molecule has 0 spiro atoms. The minimum atomic E-state index is -0.140. The Morgan fingerprint density at radius 3 is 2.13 bits per heavy atom. The third-order valence-electron chi connectivity index (χ3n) is 4.76. The predicted octanol–water partition coefficient (Wildman–Crippen LogP) is 5.74. The summed E-state index contributed by atoms with van der Waals surface area (Å²) in [7, 11) is 1.69. The highest BCUT2D eigenvalue weighted by atomic mass is 16.5. The quantitative estimate of drug-likeness (QED) is 0.331. The van der Waals surface area contributed by atoms with Crippen LogP contribution < -0.4 is 4.74 Å². The number of phenols is 2. The third kappa shape index (κ3) is 5.39. The maximum absolute atomic E-state index is 10.0. The van der Waals surface area contributed by atoms with E-state index in [-0.39, 0.29) is 11.5 Å². The Labute approximate surface area is 176 Å². The molecule has 4 heteroatoms. The maximum atomic E-state index is 10.0. The Balaban J connectivity index is 0.000000187. The fourth-order valence-electron chi connectivity index (χ4n) is 3.10. The molecule has 0 heterocycles. The summed E-state index contributed by atoms with van der Waals surface area (Å²) in [5, 5.41) is 20.6. The number of rotatable bonds is 5. The van der Waals surface area contributed by atoms with Gasteiger partial charge in [-0.1, -0.05) is 54.6 Å². The Bertz CT molecular complexity index is 1120. The van der Waals surface area contributed by atoms with E-state index in [0.29, 0.717) is 12.8 Å². The van der Waals surface area contributed by atoms with Gasteiger partial charge in [-0.05, 0) is 64.2 Å². The van der Waals surface area contributed by atoms with Gasteiger partial charge in [0.2, 0.25) is 0 Å². The second kappa shape index (κ2) is 10.1. The first-order valence-electron chi connectivity index (χ1n) is 9.68. The topological polar surface area (TPSA) is 66.8 Å². The monoisotopic (exact) mass is 400 g/mol. The normalized spacial score (nSPS) is 10.2. The molecule has 0 aliphatic carbocycles. The minimum Gasteiger partial charge on any atom is -0.504 e. The molecule has 0 atom stereocenters. The van der Waals surface area contributed by atoms with Gasteiger partial charge in [0.15, 0.2) is 11.5 Å². The summed E-state index contributed by atoms with van der Waals surface area (Å²) in [5.74, 6) is 0.614. The van der Waals surface area contributed by atoms with E-state index in [0.717, 1.165) is 17.6 Å². The van der Waals surface area contributed by atoms with Crippen LogP contribution in [0.15, 0.2) is 84.9 Å². The Morgan fingerprint density at radius 1 is 0.767 bits per heavy atom. The lowest BCUT2D eigenvalue weighted by Crippen LogP contribution is -1.85. The van der Waals surface area contributed by atoms with Crippen LogP contribution in [0.2, 0.25) is 0 Å². The molecule has 0 aromatic heterocycles. The lowest BCUT2D eigenvalue weighted by Gasteiger charge is -2.05. The van der Waals surface area contributed by atoms with E-state index in [4.69, 9.17) is 14.9 Å². The number of ether oxygens (including phenoxy) is 1. The smallest absolute Gasteiger partial charge is 0.157 e. The molecule has 4 rings (SSSR count). The van der Waals surface area contributed by atoms with Crippen molar-refractivity contribution in [2.45, 2.75) is 12.8 Å². The molecule has 152 valence electrons. The highest BCUT2D eigenvalue weighted by Gasteiger charge is 2.00. The number of methoxy groups -OCH3 is 1. The van der Waals surface area contributed by atoms with E-state index in [2.05, 4.69) is 54.6 Å². The van der Waals surface area contributed by atoms with Crippen molar-refractivity contribution in [1.82, 2.24) is 0 Å². The first-order valence-corrected chi connectivity index (χ1v) is 9.68. The van der Waals surface area contributed by atoms with Crippen LogP contribution in [0.5, 0.6) is 17.2 Å². The van der Waals surface area contributed by atoms with E-state index in [1.807, 2.05) is 12.1 Å². The van der Waals surface area contributed by atoms with Crippen molar-refractivity contribution in [3.63, 3.8) is 0 Å². The number of benzene rings is 4. The van der Waals surface area contributed by atoms with Crippen LogP contribution in [0.1, 0.15) is 12.0 Å². The zero-order valence-corrected chi connectivity index (χ0v) is 16.8. The highest BCUT2D eigenvalue weighted by Crippen LogP contribution is 2.26. The van der Waals surface area contributed by atoms with Gasteiger partial charge in [-0.15, -0.1) is 0 Å². The molecule has 0 fully saturated rings. The van der Waals surface area contributed by atoms with E-state index < -0.39 is 0 Å². The van der Waals surface area contributed by atoms with Crippen LogP contribution in [-0.2, 0) is 11.2 Å². The molecule has 4 aromatic carbocycles. The zero-order valence-electron chi connectivity index (χ0n) is 16.8. The summed E-state index contributed by atoms with van der Waals surface area (Å²) in [5.41, 5.74) is 3.29. The van der Waals surface area contributed by atoms with E-state index in [1.54, 1.807) is 13.2 Å². The second-order valence-corrected chi connectivity index (χ2v) is 6.82. The van der Waals surface area contributed by atoms with E-state index in [9.17, 15) is 4.79 Å². The number of hydrogen-bond acceptors (Lipinski definition) is 4. The Hall–Kier alpha value is -3.79. The lowest BCUT2D eigenvalue weighted by atomic mass is 10.0. The zero-order chi connectivity index (χ0) is 21.3. The number of fused-ring (bicyclic) bond motifs is 1. The lowest BCUT2D eigenvalue weighted by molar-refractivity contribution is -0.107. The largest absolute Gasteiger partial charge is 0.504 e. The molecule has 0 amide bonds. The second-order valence-electron chi connectivity index (χ2n) is 6.82. The third-order valence-corrected chi connectivity index (χ3v) is 4.76. The van der Waals surface area contributed by atoms with Crippen LogP contribution in [0, 0.1) is 0 Å². The van der Waals surface area contributed by atoms with Crippen LogP contribution >= 0.6 is 0 Å². The molecular weight excluding hydrogens is 376 g/mol. The number of aromatic hydroxyl groups is 2. The van der Waals surface area contributed by atoms with Crippen molar-refractivity contribution in [3.8, 4) is 28.4 Å². The summed E-state index contributed by atoms with van der Waals surface area (Å²) >= 11 is 0. The minimum absolute atomic E-state index is 0.134. The Kier molecular flexibility index (Phi) is 7.06. The van der Waals surface area contributed by atoms with Gasteiger partial charge in [-0.25, -0.2) is 0 Å². The molecule has 0 bridgehead atoms. The molecule has 0 aliphatic heterocycles. The van der Waals surface area contributed by atoms with Gasteiger partial charge in [0.1, 0.15) is 12.0 Å². The summed E-state index contributed by atoms with van der Waals surface area (Å²) in [6.45, 7) is 0. The van der Waals surface area contributed by atoms with Crippen molar-refractivity contribution in [3.05, 3.63) is 90.5 Å². The number of aldehydes is 1. The molecular formula is C26H24O4. The van der Waals surface area contributed by atoms with Crippen molar-refractivity contribution >= 4 is 17.1 Å². The van der Waals surface area contributed by atoms with Gasteiger partial charge in [0, 0.05) is 6.42 Å². The number of phenolic OH excluding ortho intramolecular Hbond substituents is 2. The van der Waals surface area contributed by atoms with Crippen LogP contribution in [0.25, 0.3) is 21.9 Å². The molecule has 4 nitrogen and oxygen atoms in total. The van der Waals surface area contributed by atoms with Gasteiger partial charge < -0.3 is 19.7 Å². The molecule has 30 heavy (non-hydrogen) atoms. The molecule has 0 unspecified atom stereocenters. The fraction of sp³-hybridized carbons (Fsp3) is 0.115.